The van der Waals surface area contributed by atoms with Gasteiger partial charge in [-0.25, -0.2) is 0 Å². The van der Waals surface area contributed by atoms with E-state index < -0.39 is 0 Å². The van der Waals surface area contributed by atoms with Crippen molar-refractivity contribution in [2.75, 3.05) is 13.6 Å². The van der Waals surface area contributed by atoms with Crippen molar-refractivity contribution in [1.29, 1.82) is 0 Å². The maximum absolute atomic E-state index is 10.9. The maximum atomic E-state index is 10.9. The second-order valence-corrected chi connectivity index (χ2v) is 4.62. The normalized spacial score (nSPS) is 10.8. The molecule has 0 atom stereocenters. The number of carbonyl (C=O) groups is 1. The van der Waals surface area contributed by atoms with Gasteiger partial charge in [-0.05, 0) is 38.9 Å². The summed E-state index contributed by atoms with van der Waals surface area (Å²) in [5.41, 5.74) is 3.96. The third-order valence-electron chi connectivity index (χ3n) is 2.79. The van der Waals surface area contributed by atoms with Gasteiger partial charge in [0.1, 0.15) is 5.78 Å². The Kier molecular flexibility index (Phi) is 4.69. The van der Waals surface area contributed by atoms with Crippen LogP contribution in [0.15, 0.2) is 18.2 Å². The number of rotatable bonds is 5. The van der Waals surface area contributed by atoms with Crippen LogP contribution in [-0.2, 0) is 11.3 Å². The summed E-state index contributed by atoms with van der Waals surface area (Å²) in [6.07, 6.45) is 0.640. The standard InChI is InChI=1S/C14H21NO/c1-11-5-6-12(2)14(9-11)10-15(4)8-7-13(3)16/h5-6,9H,7-8,10H2,1-4H3. The van der Waals surface area contributed by atoms with E-state index in [4.69, 9.17) is 0 Å². The fraction of sp³-hybridized carbons (Fsp3) is 0.500. The minimum Gasteiger partial charge on any atom is -0.302 e. The molecular formula is C14H21NO. The van der Waals surface area contributed by atoms with Crippen LogP contribution < -0.4 is 0 Å². The van der Waals surface area contributed by atoms with Gasteiger partial charge in [-0.15, -0.1) is 0 Å². The predicted molar refractivity (Wildman–Crippen MR) is 67.5 cm³/mol. The number of Topliss-reactive ketones (excluding diaryl/α,β-unsaturated/α-hetero) is 1. The Labute approximate surface area is 98.3 Å². The lowest BCUT2D eigenvalue weighted by Gasteiger charge is -2.17. The molecule has 0 aromatic heterocycles. The zero-order chi connectivity index (χ0) is 12.1. The van der Waals surface area contributed by atoms with E-state index in [-0.39, 0.29) is 5.78 Å². The molecule has 88 valence electrons. The molecule has 0 saturated heterocycles. The molecule has 1 aromatic carbocycles. The quantitative estimate of drug-likeness (QED) is 0.759. The average Bonchev–Trinajstić information content (AvgIpc) is 2.20. The van der Waals surface area contributed by atoms with Gasteiger partial charge in [0, 0.05) is 19.5 Å². The van der Waals surface area contributed by atoms with Gasteiger partial charge in [0.2, 0.25) is 0 Å². The first kappa shape index (κ1) is 12.9. The number of hydrogen-bond acceptors (Lipinski definition) is 2. The molecule has 1 rings (SSSR count). The molecule has 0 heterocycles. The van der Waals surface area contributed by atoms with E-state index in [0.717, 1.165) is 13.1 Å². The van der Waals surface area contributed by atoms with E-state index in [2.05, 4.69) is 44.0 Å². The Morgan fingerprint density at radius 1 is 1.31 bits per heavy atom. The molecule has 0 unspecified atom stereocenters. The molecule has 16 heavy (non-hydrogen) atoms. The highest BCUT2D eigenvalue weighted by molar-refractivity contribution is 5.75. The van der Waals surface area contributed by atoms with Crippen LogP contribution in [0.5, 0.6) is 0 Å². The number of benzene rings is 1. The Morgan fingerprint density at radius 3 is 2.62 bits per heavy atom. The molecule has 0 aliphatic rings. The highest BCUT2D eigenvalue weighted by atomic mass is 16.1. The largest absolute Gasteiger partial charge is 0.302 e. The van der Waals surface area contributed by atoms with Crippen LogP contribution in [0, 0.1) is 13.8 Å². The monoisotopic (exact) mass is 219 g/mol. The molecule has 0 aliphatic carbocycles. The third-order valence-corrected chi connectivity index (χ3v) is 2.79. The van der Waals surface area contributed by atoms with E-state index in [1.54, 1.807) is 6.92 Å². The second-order valence-electron chi connectivity index (χ2n) is 4.62. The van der Waals surface area contributed by atoms with E-state index in [0.29, 0.717) is 6.42 Å². The topological polar surface area (TPSA) is 20.3 Å². The van der Waals surface area contributed by atoms with Gasteiger partial charge in [0.15, 0.2) is 0 Å². The molecule has 2 nitrogen and oxygen atoms in total. The molecule has 0 bridgehead atoms. The summed E-state index contributed by atoms with van der Waals surface area (Å²) in [5, 5.41) is 0. The number of ketones is 1. The summed E-state index contributed by atoms with van der Waals surface area (Å²) in [4.78, 5) is 13.1. The van der Waals surface area contributed by atoms with Crippen LogP contribution in [0.3, 0.4) is 0 Å². The van der Waals surface area contributed by atoms with E-state index >= 15 is 0 Å². The van der Waals surface area contributed by atoms with Crippen LogP contribution >= 0.6 is 0 Å². The molecular weight excluding hydrogens is 198 g/mol. The molecule has 2 heteroatoms. The number of aryl methyl sites for hydroxylation is 2. The van der Waals surface area contributed by atoms with Crippen molar-refractivity contribution in [3.05, 3.63) is 34.9 Å². The number of carbonyl (C=O) groups excluding carboxylic acids is 1. The van der Waals surface area contributed by atoms with Gasteiger partial charge in [-0.1, -0.05) is 23.8 Å². The first-order valence-corrected chi connectivity index (χ1v) is 5.73. The lowest BCUT2D eigenvalue weighted by atomic mass is 10.1. The lowest BCUT2D eigenvalue weighted by molar-refractivity contribution is -0.117. The molecule has 0 fully saturated rings. The van der Waals surface area contributed by atoms with Crippen molar-refractivity contribution in [2.24, 2.45) is 0 Å². The van der Waals surface area contributed by atoms with Gasteiger partial charge < -0.3 is 4.90 Å². The average molecular weight is 219 g/mol. The van der Waals surface area contributed by atoms with Crippen LogP contribution in [0.2, 0.25) is 0 Å². The molecule has 0 N–H and O–H groups in total. The summed E-state index contributed by atoms with van der Waals surface area (Å²) >= 11 is 0. The fourth-order valence-electron chi connectivity index (χ4n) is 1.69. The summed E-state index contributed by atoms with van der Waals surface area (Å²) in [7, 11) is 2.06. The minimum absolute atomic E-state index is 0.257. The van der Waals surface area contributed by atoms with Crippen LogP contribution in [0.4, 0.5) is 0 Å². The first-order valence-electron chi connectivity index (χ1n) is 5.73. The summed E-state index contributed by atoms with van der Waals surface area (Å²) in [6, 6.07) is 6.51. The maximum Gasteiger partial charge on any atom is 0.131 e. The zero-order valence-electron chi connectivity index (χ0n) is 10.7. The van der Waals surface area contributed by atoms with Gasteiger partial charge in [0.05, 0.1) is 0 Å². The van der Waals surface area contributed by atoms with Gasteiger partial charge in [-0.3, -0.25) is 4.79 Å². The van der Waals surface area contributed by atoms with Crippen molar-refractivity contribution in [3.8, 4) is 0 Å². The Balaban J connectivity index is 2.58. The second kappa shape index (κ2) is 5.80. The highest BCUT2D eigenvalue weighted by Gasteiger charge is 2.04. The zero-order valence-corrected chi connectivity index (χ0v) is 10.7. The SMILES string of the molecule is CC(=O)CCN(C)Cc1cc(C)ccc1C. The van der Waals surface area contributed by atoms with Crippen LogP contribution in [0.25, 0.3) is 0 Å². The molecule has 0 spiro atoms. The Bertz CT molecular complexity index is 371. The predicted octanol–water partition coefficient (Wildman–Crippen LogP) is 2.71. The number of hydrogen-bond donors (Lipinski definition) is 0. The van der Waals surface area contributed by atoms with Crippen molar-refractivity contribution in [1.82, 2.24) is 4.90 Å². The fourth-order valence-corrected chi connectivity index (χ4v) is 1.69. The van der Waals surface area contributed by atoms with Gasteiger partial charge >= 0.3 is 0 Å². The van der Waals surface area contributed by atoms with E-state index in [1.165, 1.54) is 16.7 Å². The third kappa shape index (κ3) is 4.15. The van der Waals surface area contributed by atoms with Gasteiger partial charge in [-0.2, -0.15) is 0 Å². The molecule has 0 amide bonds. The summed E-state index contributed by atoms with van der Waals surface area (Å²) < 4.78 is 0. The molecule has 0 saturated carbocycles. The number of nitrogens with zero attached hydrogens (tertiary/aromatic N) is 1. The van der Waals surface area contributed by atoms with Crippen molar-refractivity contribution >= 4 is 5.78 Å². The van der Waals surface area contributed by atoms with E-state index in [9.17, 15) is 4.79 Å². The minimum atomic E-state index is 0.257. The van der Waals surface area contributed by atoms with Crippen LogP contribution in [0.1, 0.15) is 30.0 Å². The van der Waals surface area contributed by atoms with Gasteiger partial charge in [0.25, 0.3) is 0 Å². The molecule has 1 aromatic rings. The van der Waals surface area contributed by atoms with Crippen molar-refractivity contribution in [3.63, 3.8) is 0 Å². The first-order chi connectivity index (χ1) is 7.49. The highest BCUT2D eigenvalue weighted by Crippen LogP contribution is 2.12. The van der Waals surface area contributed by atoms with Crippen molar-refractivity contribution < 1.29 is 4.79 Å². The van der Waals surface area contributed by atoms with Crippen LogP contribution in [-0.4, -0.2) is 24.3 Å². The summed E-state index contributed by atoms with van der Waals surface area (Å²) in [5.74, 6) is 0.257. The smallest absolute Gasteiger partial charge is 0.131 e. The Hall–Kier alpha value is -1.15. The molecule has 0 radical (unpaired) electrons. The van der Waals surface area contributed by atoms with E-state index in [1.807, 2.05) is 0 Å². The molecule has 0 aliphatic heterocycles. The van der Waals surface area contributed by atoms with Crippen molar-refractivity contribution in [2.45, 2.75) is 33.7 Å². The Morgan fingerprint density at radius 2 is 2.00 bits per heavy atom. The summed E-state index contributed by atoms with van der Waals surface area (Å²) in [6.45, 7) is 7.64. The lowest BCUT2D eigenvalue weighted by Crippen LogP contribution is -2.21.